The van der Waals surface area contributed by atoms with Crippen LogP contribution in [0.25, 0.3) is 0 Å². The van der Waals surface area contributed by atoms with Crippen molar-refractivity contribution in [3.63, 3.8) is 0 Å². The van der Waals surface area contributed by atoms with Gasteiger partial charge in [-0.15, -0.1) is 0 Å². The molecule has 6 nitrogen and oxygen atoms in total. The first-order chi connectivity index (χ1) is 13.2. The van der Waals surface area contributed by atoms with Gasteiger partial charge in [0, 0.05) is 13.1 Å². The fourth-order valence-electron chi connectivity index (χ4n) is 2.97. The molecule has 0 fully saturated rings. The van der Waals surface area contributed by atoms with Crippen LogP contribution in [0.3, 0.4) is 0 Å². The quantitative estimate of drug-likeness (QED) is 0.398. The molecular formula is C21H22N4O2. The zero-order valence-electron chi connectivity index (χ0n) is 15.2. The Kier molecular flexibility index (Phi) is 5.99. The molecule has 138 valence electrons. The first kappa shape index (κ1) is 18.4. The molecular weight excluding hydrogens is 340 g/mol. The van der Waals surface area contributed by atoms with Crippen LogP contribution in [0.2, 0.25) is 0 Å². The summed E-state index contributed by atoms with van der Waals surface area (Å²) in [6.07, 6.45) is 2.85. The number of hydrogen-bond acceptors (Lipinski definition) is 5. The number of rotatable bonds is 7. The molecule has 0 amide bonds. The first-order valence-corrected chi connectivity index (χ1v) is 8.83. The summed E-state index contributed by atoms with van der Waals surface area (Å²) in [5.41, 5.74) is 2.78. The zero-order chi connectivity index (χ0) is 19.1. The lowest BCUT2D eigenvalue weighted by Gasteiger charge is -2.24. The van der Waals surface area contributed by atoms with Crippen LogP contribution in [-0.4, -0.2) is 27.7 Å². The maximum atomic E-state index is 12.9. The van der Waals surface area contributed by atoms with Gasteiger partial charge in [0.1, 0.15) is 0 Å². The number of oxime groups is 1. The molecule has 0 aliphatic rings. The van der Waals surface area contributed by atoms with Crippen molar-refractivity contribution in [2.75, 3.05) is 11.4 Å². The van der Waals surface area contributed by atoms with Gasteiger partial charge in [0.2, 0.25) is 0 Å². The molecule has 3 aromatic rings. The van der Waals surface area contributed by atoms with Gasteiger partial charge in [-0.05, 0) is 18.1 Å². The predicted octanol–water partition coefficient (Wildman–Crippen LogP) is 3.13. The highest BCUT2D eigenvalue weighted by Gasteiger charge is 2.16. The molecule has 1 N–H and O–H groups in total. The van der Waals surface area contributed by atoms with E-state index in [0.29, 0.717) is 30.9 Å². The lowest BCUT2D eigenvalue weighted by atomic mass is 10.1. The fraction of sp³-hybridized carbons (Fsp3) is 0.190. The van der Waals surface area contributed by atoms with Crippen LogP contribution in [0.5, 0.6) is 0 Å². The molecule has 0 saturated carbocycles. The van der Waals surface area contributed by atoms with E-state index >= 15 is 0 Å². The topological polar surface area (TPSA) is 70.7 Å². The van der Waals surface area contributed by atoms with Crippen LogP contribution in [-0.2, 0) is 13.1 Å². The average Bonchev–Trinajstić information content (AvgIpc) is 2.71. The number of nitrogens with zero attached hydrogens (tertiary/aromatic N) is 4. The monoisotopic (exact) mass is 362 g/mol. The summed E-state index contributed by atoms with van der Waals surface area (Å²) >= 11 is 0. The van der Waals surface area contributed by atoms with Gasteiger partial charge in [-0.1, -0.05) is 65.8 Å². The summed E-state index contributed by atoms with van der Waals surface area (Å²) in [6.45, 7) is 3.69. The summed E-state index contributed by atoms with van der Waals surface area (Å²) in [4.78, 5) is 15.0. The highest BCUT2D eigenvalue weighted by atomic mass is 16.4. The Hall–Kier alpha value is -3.41. The summed E-state index contributed by atoms with van der Waals surface area (Å²) in [5, 5.41) is 16.5. The third-order valence-electron chi connectivity index (χ3n) is 4.36. The molecule has 0 saturated heterocycles. The van der Waals surface area contributed by atoms with Crippen LogP contribution >= 0.6 is 0 Å². The third kappa shape index (κ3) is 4.41. The average molecular weight is 362 g/mol. The summed E-state index contributed by atoms with van der Waals surface area (Å²) in [5.74, 6) is 0. The summed E-state index contributed by atoms with van der Waals surface area (Å²) < 4.78 is 1.38. The van der Waals surface area contributed by atoms with Gasteiger partial charge < -0.3 is 10.1 Å². The molecule has 1 heterocycles. The Labute approximate surface area is 158 Å². The van der Waals surface area contributed by atoms with Crippen molar-refractivity contribution in [2.24, 2.45) is 5.16 Å². The molecule has 0 radical (unpaired) electrons. The van der Waals surface area contributed by atoms with E-state index in [2.05, 4.69) is 10.3 Å². The summed E-state index contributed by atoms with van der Waals surface area (Å²) in [7, 11) is 0. The van der Waals surface area contributed by atoms with Gasteiger partial charge >= 0.3 is 0 Å². The lowest BCUT2D eigenvalue weighted by Crippen LogP contribution is -2.32. The van der Waals surface area contributed by atoms with Crippen molar-refractivity contribution in [3.8, 4) is 0 Å². The Morgan fingerprint density at radius 3 is 2.30 bits per heavy atom. The second-order valence-corrected chi connectivity index (χ2v) is 6.14. The molecule has 3 rings (SSSR count). The number of hydrogen-bond donors (Lipinski definition) is 1. The van der Waals surface area contributed by atoms with E-state index in [9.17, 15) is 4.79 Å². The molecule has 0 spiro atoms. The van der Waals surface area contributed by atoms with Gasteiger partial charge in [0.05, 0.1) is 30.2 Å². The van der Waals surface area contributed by atoms with Gasteiger partial charge in [0.15, 0.2) is 0 Å². The molecule has 6 heteroatoms. The molecule has 0 aliphatic carbocycles. The van der Waals surface area contributed by atoms with Crippen molar-refractivity contribution in [2.45, 2.75) is 20.0 Å². The highest BCUT2D eigenvalue weighted by molar-refractivity contribution is 5.86. The van der Waals surface area contributed by atoms with E-state index in [-0.39, 0.29) is 5.56 Å². The van der Waals surface area contributed by atoms with Crippen molar-refractivity contribution < 1.29 is 5.21 Å². The Morgan fingerprint density at radius 1 is 1.07 bits per heavy atom. The van der Waals surface area contributed by atoms with E-state index in [1.807, 2.05) is 72.5 Å². The smallest absolute Gasteiger partial charge is 0.278 e. The summed E-state index contributed by atoms with van der Waals surface area (Å²) in [6, 6.07) is 19.6. The van der Waals surface area contributed by atoms with Gasteiger partial charge in [-0.3, -0.25) is 4.79 Å². The van der Waals surface area contributed by atoms with Gasteiger partial charge in [-0.25, -0.2) is 4.68 Å². The van der Waals surface area contributed by atoms with Crippen LogP contribution in [0.15, 0.2) is 76.8 Å². The first-order valence-electron chi connectivity index (χ1n) is 8.83. The van der Waals surface area contributed by atoms with E-state index in [4.69, 9.17) is 5.21 Å². The second kappa shape index (κ2) is 8.80. The second-order valence-electron chi connectivity index (χ2n) is 6.14. The zero-order valence-corrected chi connectivity index (χ0v) is 15.2. The maximum absolute atomic E-state index is 12.9. The van der Waals surface area contributed by atoms with Crippen LogP contribution in [0.4, 0.5) is 5.69 Å². The molecule has 0 aliphatic heterocycles. The van der Waals surface area contributed by atoms with E-state index in [1.54, 1.807) is 6.20 Å². The molecule has 0 bridgehead atoms. The number of anilines is 1. The van der Waals surface area contributed by atoms with Gasteiger partial charge in [-0.2, -0.15) is 5.10 Å². The van der Waals surface area contributed by atoms with Crippen molar-refractivity contribution in [1.29, 1.82) is 0 Å². The van der Waals surface area contributed by atoms with Crippen molar-refractivity contribution in [1.82, 2.24) is 9.78 Å². The SMILES string of the molecule is CCN(Cc1ccccc1)c1cnn(Cc2ccccc2)c(=O)c1/C=N\O. The molecule has 27 heavy (non-hydrogen) atoms. The highest BCUT2D eigenvalue weighted by Crippen LogP contribution is 2.18. The standard InChI is InChI=1S/C21H22N4O2/c1-2-24(15-17-9-5-3-6-10-17)20-14-22-25(21(26)19(20)13-23-27)16-18-11-7-4-8-12-18/h3-14,27H,2,15-16H2,1H3/b23-13-. The fourth-order valence-corrected chi connectivity index (χ4v) is 2.97. The van der Waals surface area contributed by atoms with Crippen LogP contribution < -0.4 is 10.5 Å². The minimum Gasteiger partial charge on any atom is -0.411 e. The Balaban J connectivity index is 1.97. The minimum absolute atomic E-state index is 0.291. The van der Waals surface area contributed by atoms with E-state index in [0.717, 1.165) is 11.1 Å². The van der Waals surface area contributed by atoms with Crippen LogP contribution in [0.1, 0.15) is 23.6 Å². The van der Waals surface area contributed by atoms with Crippen molar-refractivity contribution in [3.05, 3.63) is 93.9 Å². The molecule has 1 aromatic heterocycles. The maximum Gasteiger partial charge on any atom is 0.278 e. The number of aromatic nitrogens is 2. The Bertz CT molecular complexity index is 953. The third-order valence-corrected chi connectivity index (χ3v) is 4.36. The molecule has 0 unspecified atom stereocenters. The predicted molar refractivity (Wildman–Crippen MR) is 107 cm³/mol. The molecule has 0 atom stereocenters. The van der Waals surface area contributed by atoms with Crippen LogP contribution in [0, 0.1) is 0 Å². The molecule has 2 aromatic carbocycles. The van der Waals surface area contributed by atoms with E-state index < -0.39 is 0 Å². The largest absolute Gasteiger partial charge is 0.411 e. The van der Waals surface area contributed by atoms with Crippen molar-refractivity contribution >= 4 is 11.9 Å². The van der Waals surface area contributed by atoms with Gasteiger partial charge in [0.25, 0.3) is 5.56 Å². The lowest BCUT2D eigenvalue weighted by molar-refractivity contribution is 0.321. The normalized spacial score (nSPS) is 11.0. The minimum atomic E-state index is -0.291. The Morgan fingerprint density at radius 2 is 1.70 bits per heavy atom. The number of benzene rings is 2. The van der Waals surface area contributed by atoms with E-state index in [1.165, 1.54) is 10.9 Å².